The van der Waals surface area contributed by atoms with Crippen LogP contribution in [-0.4, -0.2) is 11.5 Å². The minimum absolute atomic E-state index is 0.132. The molecule has 0 fully saturated rings. The normalized spacial score (nSPS) is 12.4. The zero-order valence-corrected chi connectivity index (χ0v) is 12.9. The summed E-state index contributed by atoms with van der Waals surface area (Å²) in [6, 6.07) is 12.8. The van der Waals surface area contributed by atoms with E-state index in [1.165, 1.54) is 11.1 Å². The molecular formula is C16H19BrN2. The molecule has 19 heavy (non-hydrogen) atoms. The first-order valence-corrected chi connectivity index (χ1v) is 7.48. The Morgan fingerprint density at radius 1 is 1.21 bits per heavy atom. The fourth-order valence-corrected chi connectivity index (χ4v) is 2.66. The summed E-state index contributed by atoms with van der Waals surface area (Å²) in [7, 11) is 0. The summed E-state index contributed by atoms with van der Waals surface area (Å²) in [5, 5.41) is 3.51. The van der Waals surface area contributed by atoms with Crippen LogP contribution in [0.5, 0.6) is 0 Å². The molecule has 0 saturated carbocycles. The predicted octanol–water partition coefficient (Wildman–Crippen LogP) is 4.11. The molecule has 1 N–H and O–H groups in total. The first kappa shape index (κ1) is 14.2. The molecule has 100 valence electrons. The van der Waals surface area contributed by atoms with Gasteiger partial charge in [0.1, 0.15) is 0 Å². The topological polar surface area (TPSA) is 24.9 Å². The Labute approximate surface area is 123 Å². The first-order chi connectivity index (χ1) is 9.26. The summed E-state index contributed by atoms with van der Waals surface area (Å²) in [4.78, 5) is 4.52. The lowest BCUT2D eigenvalue weighted by Gasteiger charge is -2.19. The molecule has 0 aliphatic heterocycles. The predicted molar refractivity (Wildman–Crippen MR) is 83.3 cm³/mol. The van der Waals surface area contributed by atoms with E-state index >= 15 is 0 Å². The lowest BCUT2D eigenvalue weighted by molar-refractivity contribution is 0.612. The van der Waals surface area contributed by atoms with Gasteiger partial charge in [0, 0.05) is 10.7 Å². The molecular weight excluding hydrogens is 300 g/mol. The van der Waals surface area contributed by atoms with Crippen LogP contribution in [0.4, 0.5) is 0 Å². The van der Waals surface area contributed by atoms with Crippen molar-refractivity contribution >= 4 is 15.9 Å². The summed E-state index contributed by atoms with van der Waals surface area (Å²) in [5.41, 5.74) is 3.66. The van der Waals surface area contributed by atoms with Crippen LogP contribution in [0.2, 0.25) is 0 Å². The number of aryl methyl sites for hydroxylation is 1. The highest BCUT2D eigenvalue weighted by molar-refractivity contribution is 9.10. The monoisotopic (exact) mass is 318 g/mol. The highest BCUT2D eigenvalue weighted by atomic mass is 79.9. The lowest BCUT2D eigenvalue weighted by Crippen LogP contribution is -2.23. The first-order valence-electron chi connectivity index (χ1n) is 6.68. The zero-order valence-electron chi connectivity index (χ0n) is 11.4. The molecule has 3 heteroatoms. The number of pyridine rings is 1. The second kappa shape index (κ2) is 6.83. The van der Waals surface area contributed by atoms with Crippen LogP contribution >= 0.6 is 15.9 Å². The van der Waals surface area contributed by atoms with Gasteiger partial charge in [-0.3, -0.25) is 4.98 Å². The smallest absolute Gasteiger partial charge is 0.0763 e. The summed E-state index contributed by atoms with van der Waals surface area (Å²) < 4.78 is 1.04. The fourth-order valence-electron chi connectivity index (χ4n) is 2.18. The van der Waals surface area contributed by atoms with Gasteiger partial charge in [-0.25, -0.2) is 0 Å². The minimum atomic E-state index is 0.132. The van der Waals surface area contributed by atoms with E-state index in [1.807, 2.05) is 18.3 Å². The van der Waals surface area contributed by atoms with Crippen LogP contribution < -0.4 is 5.32 Å². The molecule has 1 unspecified atom stereocenters. The molecule has 2 nitrogen and oxygen atoms in total. The van der Waals surface area contributed by atoms with Crippen molar-refractivity contribution in [3.05, 3.63) is 63.9 Å². The summed E-state index contributed by atoms with van der Waals surface area (Å²) in [6.45, 7) is 5.20. The molecule has 0 saturated heterocycles. The number of rotatable bonds is 5. The van der Waals surface area contributed by atoms with Gasteiger partial charge < -0.3 is 5.32 Å². The Morgan fingerprint density at radius 2 is 2.05 bits per heavy atom. The quantitative estimate of drug-likeness (QED) is 0.897. The SMILES string of the molecule is CCNC(c1cccc(CC)c1)c1ncccc1Br. The van der Waals surface area contributed by atoms with Gasteiger partial charge >= 0.3 is 0 Å². The number of benzene rings is 1. The van der Waals surface area contributed by atoms with E-state index in [2.05, 4.69) is 64.3 Å². The molecule has 0 spiro atoms. The standard InChI is InChI=1S/C16H19BrN2/c1-3-12-7-5-8-13(11-12)15(18-4-2)16-14(17)9-6-10-19-16/h5-11,15,18H,3-4H2,1-2H3. The van der Waals surface area contributed by atoms with Gasteiger partial charge in [-0.05, 0) is 52.2 Å². The van der Waals surface area contributed by atoms with Crippen molar-refractivity contribution in [3.63, 3.8) is 0 Å². The van der Waals surface area contributed by atoms with E-state index in [0.29, 0.717) is 0 Å². The van der Waals surface area contributed by atoms with E-state index < -0.39 is 0 Å². The number of nitrogens with one attached hydrogen (secondary N) is 1. The van der Waals surface area contributed by atoms with E-state index in [1.54, 1.807) is 0 Å². The molecule has 0 amide bonds. The summed E-state index contributed by atoms with van der Waals surface area (Å²) in [5.74, 6) is 0. The van der Waals surface area contributed by atoms with E-state index in [9.17, 15) is 0 Å². The number of halogens is 1. The molecule has 1 aromatic carbocycles. The maximum atomic E-state index is 4.52. The second-order valence-electron chi connectivity index (χ2n) is 4.46. The molecule has 0 aliphatic rings. The van der Waals surface area contributed by atoms with Crippen molar-refractivity contribution < 1.29 is 0 Å². The van der Waals surface area contributed by atoms with Crippen molar-refractivity contribution in [1.29, 1.82) is 0 Å². The van der Waals surface area contributed by atoms with Crippen molar-refractivity contribution in [2.24, 2.45) is 0 Å². The van der Waals surface area contributed by atoms with Crippen LogP contribution in [0.25, 0.3) is 0 Å². The van der Waals surface area contributed by atoms with Crippen LogP contribution in [0.1, 0.15) is 36.7 Å². The highest BCUT2D eigenvalue weighted by Crippen LogP contribution is 2.27. The van der Waals surface area contributed by atoms with Gasteiger partial charge in [0.05, 0.1) is 11.7 Å². The van der Waals surface area contributed by atoms with Gasteiger partial charge in [-0.2, -0.15) is 0 Å². The van der Waals surface area contributed by atoms with Crippen molar-refractivity contribution in [1.82, 2.24) is 10.3 Å². The number of aromatic nitrogens is 1. The number of nitrogens with zero attached hydrogens (tertiary/aromatic N) is 1. The molecule has 0 bridgehead atoms. The van der Waals surface area contributed by atoms with Gasteiger partial charge in [-0.15, -0.1) is 0 Å². The Hall–Kier alpha value is -1.19. The Bertz CT molecular complexity index is 540. The van der Waals surface area contributed by atoms with Crippen LogP contribution in [-0.2, 0) is 6.42 Å². The van der Waals surface area contributed by atoms with E-state index in [4.69, 9.17) is 0 Å². The average Bonchev–Trinajstić information content (AvgIpc) is 2.46. The lowest BCUT2D eigenvalue weighted by atomic mass is 10.00. The largest absolute Gasteiger partial charge is 0.305 e. The van der Waals surface area contributed by atoms with Crippen LogP contribution in [0, 0.1) is 0 Å². The number of hydrogen-bond donors (Lipinski definition) is 1. The van der Waals surface area contributed by atoms with Crippen molar-refractivity contribution in [2.45, 2.75) is 26.3 Å². The van der Waals surface area contributed by atoms with Crippen molar-refractivity contribution in [2.75, 3.05) is 6.54 Å². The Balaban J connectivity index is 2.42. The molecule has 0 radical (unpaired) electrons. The third-order valence-corrected chi connectivity index (χ3v) is 3.83. The third-order valence-electron chi connectivity index (χ3n) is 3.16. The van der Waals surface area contributed by atoms with Gasteiger partial charge in [-0.1, -0.05) is 38.1 Å². The maximum Gasteiger partial charge on any atom is 0.0763 e. The molecule has 1 aromatic heterocycles. The van der Waals surface area contributed by atoms with Crippen LogP contribution in [0.3, 0.4) is 0 Å². The van der Waals surface area contributed by atoms with Gasteiger partial charge in [0.2, 0.25) is 0 Å². The summed E-state index contributed by atoms with van der Waals surface area (Å²) in [6.07, 6.45) is 2.89. The molecule has 2 aromatic rings. The number of hydrogen-bond acceptors (Lipinski definition) is 2. The van der Waals surface area contributed by atoms with Crippen LogP contribution in [0.15, 0.2) is 47.1 Å². The zero-order chi connectivity index (χ0) is 13.7. The fraction of sp³-hybridized carbons (Fsp3) is 0.312. The Morgan fingerprint density at radius 3 is 2.74 bits per heavy atom. The Kier molecular flexibility index (Phi) is 5.11. The molecule has 2 rings (SSSR count). The highest BCUT2D eigenvalue weighted by Gasteiger charge is 2.17. The average molecular weight is 319 g/mol. The minimum Gasteiger partial charge on any atom is -0.305 e. The van der Waals surface area contributed by atoms with E-state index in [0.717, 1.165) is 23.1 Å². The summed E-state index contributed by atoms with van der Waals surface area (Å²) >= 11 is 3.60. The third kappa shape index (κ3) is 3.43. The molecule has 0 aliphatic carbocycles. The van der Waals surface area contributed by atoms with Gasteiger partial charge in [0.15, 0.2) is 0 Å². The molecule has 1 atom stereocenters. The molecule has 1 heterocycles. The van der Waals surface area contributed by atoms with Crippen molar-refractivity contribution in [3.8, 4) is 0 Å². The van der Waals surface area contributed by atoms with Gasteiger partial charge in [0.25, 0.3) is 0 Å². The van der Waals surface area contributed by atoms with E-state index in [-0.39, 0.29) is 6.04 Å². The maximum absolute atomic E-state index is 4.52. The second-order valence-corrected chi connectivity index (χ2v) is 5.31.